The number of hydrogen-bond acceptors (Lipinski definition) is 5. The number of likely N-dealkylation sites (tertiary alicyclic amines) is 1. The molecule has 0 radical (unpaired) electrons. The molecule has 1 aliphatic rings. The zero-order chi connectivity index (χ0) is 26.9. The molecule has 0 saturated carbocycles. The lowest BCUT2D eigenvalue weighted by molar-refractivity contribution is -0.139. The Morgan fingerprint density at radius 3 is 2.71 bits per heavy atom. The molecule has 0 spiro atoms. The topological polar surface area (TPSA) is 71.9 Å². The van der Waals surface area contributed by atoms with Crippen molar-refractivity contribution in [1.82, 2.24) is 9.88 Å². The van der Waals surface area contributed by atoms with E-state index in [0.29, 0.717) is 24.2 Å². The minimum absolute atomic E-state index is 0.0427. The van der Waals surface area contributed by atoms with Gasteiger partial charge < -0.3 is 19.5 Å². The summed E-state index contributed by atoms with van der Waals surface area (Å²) in [7, 11) is 3.28. The van der Waals surface area contributed by atoms with Crippen molar-refractivity contribution in [3.05, 3.63) is 65.9 Å². The predicted molar refractivity (Wildman–Crippen MR) is 148 cm³/mol. The van der Waals surface area contributed by atoms with E-state index in [1.807, 2.05) is 30.3 Å². The Morgan fingerprint density at radius 1 is 1.11 bits per heavy atom. The van der Waals surface area contributed by atoms with Crippen molar-refractivity contribution < 1.29 is 23.8 Å². The van der Waals surface area contributed by atoms with Gasteiger partial charge in [0, 0.05) is 24.5 Å². The lowest BCUT2D eigenvalue weighted by Gasteiger charge is -2.38. The number of halogens is 1. The van der Waals surface area contributed by atoms with E-state index >= 15 is 4.39 Å². The maximum absolute atomic E-state index is 15.5. The Morgan fingerprint density at radius 2 is 1.92 bits per heavy atom. The summed E-state index contributed by atoms with van der Waals surface area (Å²) in [5, 5.41) is 10.3. The summed E-state index contributed by atoms with van der Waals surface area (Å²) < 4.78 is 26.1. The third-order valence-electron chi connectivity index (χ3n) is 7.85. The average Bonchev–Trinajstić information content (AvgIpc) is 2.93. The molecule has 4 rings (SSSR count). The molecule has 6 nitrogen and oxygen atoms in total. The van der Waals surface area contributed by atoms with E-state index in [-0.39, 0.29) is 18.3 Å². The van der Waals surface area contributed by atoms with Crippen LogP contribution >= 0.6 is 0 Å². The molecule has 204 valence electrons. The molecule has 1 saturated heterocycles. The molecule has 0 bridgehead atoms. The highest BCUT2D eigenvalue weighted by atomic mass is 19.1. The summed E-state index contributed by atoms with van der Waals surface area (Å²) in [5.41, 5.74) is 2.64. The first-order valence-electron chi connectivity index (χ1n) is 13.6. The molecule has 1 aromatic heterocycles. The number of aliphatic carboxylic acids is 1. The molecule has 0 aliphatic carbocycles. The summed E-state index contributed by atoms with van der Waals surface area (Å²) in [6, 6.07) is 15.4. The first kappa shape index (κ1) is 27.8. The third-order valence-corrected chi connectivity index (χ3v) is 7.85. The minimum Gasteiger partial charge on any atom is -0.497 e. The summed E-state index contributed by atoms with van der Waals surface area (Å²) in [5.74, 6) is 1.04. The number of pyridine rings is 1. The number of carboxylic acid groups (broad SMARTS) is 1. The lowest BCUT2D eigenvalue weighted by atomic mass is 9.79. The van der Waals surface area contributed by atoms with Crippen LogP contribution in [0.5, 0.6) is 11.5 Å². The monoisotopic (exact) mass is 522 g/mol. The standard InChI is InChI=1S/C31H39FN2O4/c1-37-25-8-5-7-22(18-25)6-3-4-16-34-17-14-23(24(21-34)19-31(35)36)9-11-29(32)27-13-15-33-30-12-10-26(38-2)20-28(27)30/h5,7-8,10,12-13,15,18,20,23-24,29H,3-4,6,9,11,14,16-17,19,21H2,1-2H3,(H,35,36)/t23-,24+,29?/m1/s1. The molecular weight excluding hydrogens is 483 g/mol. The Kier molecular flexibility index (Phi) is 9.93. The second kappa shape index (κ2) is 13.6. The molecule has 1 fully saturated rings. The number of carboxylic acids is 1. The van der Waals surface area contributed by atoms with Crippen LogP contribution in [0.1, 0.15) is 55.8 Å². The number of aromatic nitrogens is 1. The van der Waals surface area contributed by atoms with Crippen LogP contribution in [-0.4, -0.2) is 54.8 Å². The Labute approximate surface area is 224 Å². The molecule has 38 heavy (non-hydrogen) atoms. The SMILES string of the molecule is COc1cccc(CCCCN2CC[C@@H](CCC(F)c3ccnc4ccc(OC)cc34)[C@@H](CC(=O)O)C2)c1. The highest BCUT2D eigenvalue weighted by Gasteiger charge is 2.31. The van der Waals surface area contributed by atoms with Gasteiger partial charge in [0.25, 0.3) is 0 Å². The smallest absolute Gasteiger partial charge is 0.303 e. The zero-order valence-electron chi connectivity index (χ0n) is 22.4. The van der Waals surface area contributed by atoms with Crippen LogP contribution in [0.25, 0.3) is 10.9 Å². The molecule has 1 unspecified atom stereocenters. The van der Waals surface area contributed by atoms with E-state index in [2.05, 4.69) is 22.0 Å². The number of nitrogens with zero attached hydrogens (tertiary/aromatic N) is 2. The van der Waals surface area contributed by atoms with Crippen LogP contribution in [0.15, 0.2) is 54.7 Å². The van der Waals surface area contributed by atoms with Gasteiger partial charge in [-0.1, -0.05) is 12.1 Å². The van der Waals surface area contributed by atoms with Crippen LogP contribution in [-0.2, 0) is 11.2 Å². The second-order valence-electron chi connectivity index (χ2n) is 10.3. The van der Waals surface area contributed by atoms with E-state index in [0.717, 1.165) is 62.0 Å². The summed E-state index contributed by atoms with van der Waals surface area (Å²) >= 11 is 0. The number of methoxy groups -OCH3 is 2. The maximum atomic E-state index is 15.5. The van der Waals surface area contributed by atoms with Crippen molar-refractivity contribution in [1.29, 1.82) is 0 Å². The van der Waals surface area contributed by atoms with Gasteiger partial charge in [0.05, 0.1) is 19.7 Å². The van der Waals surface area contributed by atoms with Gasteiger partial charge in [0.1, 0.15) is 17.7 Å². The average molecular weight is 523 g/mol. The molecule has 3 aromatic rings. The van der Waals surface area contributed by atoms with Crippen molar-refractivity contribution in [2.24, 2.45) is 11.8 Å². The van der Waals surface area contributed by atoms with Crippen molar-refractivity contribution >= 4 is 16.9 Å². The second-order valence-corrected chi connectivity index (χ2v) is 10.3. The van der Waals surface area contributed by atoms with Crippen LogP contribution in [0.2, 0.25) is 0 Å². The molecule has 1 N–H and O–H groups in total. The number of rotatable bonds is 13. The van der Waals surface area contributed by atoms with Gasteiger partial charge in [0.2, 0.25) is 0 Å². The Hall–Kier alpha value is -3.19. The number of carbonyl (C=O) groups is 1. The number of aryl methyl sites for hydroxylation is 1. The normalized spacial score (nSPS) is 18.8. The third kappa shape index (κ3) is 7.44. The van der Waals surface area contributed by atoms with Gasteiger partial charge in [-0.2, -0.15) is 0 Å². The van der Waals surface area contributed by atoms with Crippen LogP contribution in [0.4, 0.5) is 4.39 Å². The van der Waals surface area contributed by atoms with Crippen molar-refractivity contribution in [3.63, 3.8) is 0 Å². The number of hydrogen-bond donors (Lipinski definition) is 1. The van der Waals surface area contributed by atoms with Crippen molar-refractivity contribution in [3.8, 4) is 11.5 Å². The predicted octanol–water partition coefficient (Wildman–Crippen LogP) is 6.48. The molecule has 7 heteroatoms. The number of ether oxygens (including phenoxy) is 2. The largest absolute Gasteiger partial charge is 0.497 e. The molecule has 2 heterocycles. The molecule has 2 aromatic carbocycles. The van der Waals surface area contributed by atoms with Crippen molar-refractivity contribution in [2.45, 2.75) is 51.1 Å². The van der Waals surface area contributed by atoms with Gasteiger partial charge in [0.15, 0.2) is 0 Å². The lowest BCUT2D eigenvalue weighted by Crippen LogP contribution is -2.41. The Balaban J connectivity index is 1.30. The summed E-state index contributed by atoms with van der Waals surface area (Å²) in [4.78, 5) is 18.4. The molecule has 1 aliphatic heterocycles. The first-order chi connectivity index (χ1) is 18.5. The van der Waals surface area contributed by atoms with Crippen LogP contribution < -0.4 is 9.47 Å². The van der Waals surface area contributed by atoms with Gasteiger partial charge in [-0.05, 0) is 111 Å². The van der Waals surface area contributed by atoms with Crippen LogP contribution in [0.3, 0.4) is 0 Å². The number of fused-ring (bicyclic) bond motifs is 1. The van der Waals surface area contributed by atoms with E-state index in [9.17, 15) is 9.90 Å². The highest BCUT2D eigenvalue weighted by Crippen LogP contribution is 2.36. The fraction of sp³-hybridized carbons (Fsp3) is 0.484. The first-order valence-corrected chi connectivity index (χ1v) is 13.6. The fourth-order valence-electron chi connectivity index (χ4n) is 5.75. The fourth-order valence-corrected chi connectivity index (χ4v) is 5.75. The van der Waals surface area contributed by atoms with E-state index in [4.69, 9.17) is 9.47 Å². The molecule has 0 amide bonds. The quantitative estimate of drug-likeness (QED) is 0.259. The van der Waals surface area contributed by atoms with E-state index in [1.54, 1.807) is 26.5 Å². The zero-order valence-corrected chi connectivity index (χ0v) is 22.4. The van der Waals surface area contributed by atoms with E-state index in [1.165, 1.54) is 5.56 Å². The molecular formula is C31H39FN2O4. The summed E-state index contributed by atoms with van der Waals surface area (Å²) in [6.07, 6.45) is 5.75. The number of piperidine rings is 1. The molecule has 3 atom stereocenters. The van der Waals surface area contributed by atoms with Gasteiger partial charge in [-0.25, -0.2) is 4.39 Å². The minimum atomic E-state index is -1.13. The van der Waals surface area contributed by atoms with Gasteiger partial charge >= 0.3 is 5.97 Å². The van der Waals surface area contributed by atoms with Gasteiger partial charge in [-0.15, -0.1) is 0 Å². The van der Waals surface area contributed by atoms with Gasteiger partial charge in [-0.3, -0.25) is 9.78 Å². The maximum Gasteiger partial charge on any atom is 0.303 e. The number of benzene rings is 2. The summed E-state index contributed by atoms with van der Waals surface area (Å²) in [6.45, 7) is 2.66. The van der Waals surface area contributed by atoms with E-state index < -0.39 is 12.1 Å². The van der Waals surface area contributed by atoms with Crippen LogP contribution in [0, 0.1) is 11.8 Å². The van der Waals surface area contributed by atoms with Crippen molar-refractivity contribution in [2.75, 3.05) is 33.9 Å². The number of unbranched alkanes of at least 4 members (excludes halogenated alkanes) is 1. The Bertz CT molecular complexity index is 1200. The highest BCUT2D eigenvalue weighted by molar-refractivity contribution is 5.83. The number of alkyl halides is 1.